The predicted octanol–water partition coefficient (Wildman–Crippen LogP) is 4.51. The highest BCUT2D eigenvalue weighted by Gasteiger charge is 2.23. The Balaban J connectivity index is 2.28. The minimum atomic E-state index is -0.254. The lowest BCUT2D eigenvalue weighted by atomic mass is 9.93. The van der Waals surface area contributed by atoms with Gasteiger partial charge in [0.2, 0.25) is 0 Å². The molecule has 0 saturated carbocycles. The van der Waals surface area contributed by atoms with E-state index in [0.717, 1.165) is 56.9 Å². The molecule has 0 aromatic rings. The summed E-state index contributed by atoms with van der Waals surface area (Å²) in [6.45, 7) is 2.16. The van der Waals surface area contributed by atoms with Crippen molar-refractivity contribution in [1.82, 2.24) is 0 Å². The van der Waals surface area contributed by atoms with Crippen LogP contribution >= 0.6 is 0 Å². The fourth-order valence-corrected chi connectivity index (χ4v) is 3.19. The van der Waals surface area contributed by atoms with Crippen molar-refractivity contribution in [2.24, 2.45) is 5.92 Å². The Morgan fingerprint density at radius 1 is 1.24 bits per heavy atom. The van der Waals surface area contributed by atoms with Crippen molar-refractivity contribution >= 4 is 11.8 Å². The zero-order chi connectivity index (χ0) is 18.5. The van der Waals surface area contributed by atoms with Crippen molar-refractivity contribution in [2.75, 3.05) is 7.11 Å². The number of carbonyl (C=O) groups is 2. The minimum Gasteiger partial charge on any atom is -0.469 e. The average Bonchev–Trinajstić information content (AvgIpc) is 2.96. The van der Waals surface area contributed by atoms with E-state index in [9.17, 15) is 14.7 Å². The summed E-state index contributed by atoms with van der Waals surface area (Å²) in [7, 11) is 1.41. The SMILES string of the molecule is CCCCC[C@H](O)CC[C@H]1C=CC(=O)/C1=C/CCCCCC(=O)OC. The van der Waals surface area contributed by atoms with Crippen molar-refractivity contribution in [3.63, 3.8) is 0 Å². The maximum Gasteiger partial charge on any atom is 0.305 e. The number of carbonyl (C=O) groups excluding carboxylic acids is 2. The molecule has 0 unspecified atom stereocenters. The van der Waals surface area contributed by atoms with Gasteiger partial charge in [0.25, 0.3) is 0 Å². The molecular weight excluding hydrogens is 316 g/mol. The first kappa shape index (κ1) is 21.6. The third-order valence-electron chi connectivity index (χ3n) is 4.79. The molecule has 1 aliphatic carbocycles. The van der Waals surface area contributed by atoms with Gasteiger partial charge in [-0.3, -0.25) is 9.59 Å². The summed E-state index contributed by atoms with van der Waals surface area (Å²) in [4.78, 5) is 23.1. The van der Waals surface area contributed by atoms with Crippen molar-refractivity contribution < 1.29 is 19.4 Å². The molecule has 0 fully saturated rings. The van der Waals surface area contributed by atoms with Crippen molar-refractivity contribution in [2.45, 2.75) is 83.7 Å². The van der Waals surface area contributed by atoms with Gasteiger partial charge in [0.1, 0.15) is 0 Å². The molecule has 0 aliphatic heterocycles. The summed E-state index contributed by atoms with van der Waals surface area (Å²) in [5, 5.41) is 10.1. The predicted molar refractivity (Wildman–Crippen MR) is 100 cm³/mol. The van der Waals surface area contributed by atoms with Crippen LogP contribution in [0.25, 0.3) is 0 Å². The van der Waals surface area contributed by atoms with Gasteiger partial charge < -0.3 is 9.84 Å². The van der Waals surface area contributed by atoms with Crippen molar-refractivity contribution in [3.8, 4) is 0 Å². The molecule has 1 aliphatic rings. The second-order valence-corrected chi connectivity index (χ2v) is 6.89. The van der Waals surface area contributed by atoms with Gasteiger partial charge in [-0.05, 0) is 44.6 Å². The van der Waals surface area contributed by atoms with Crippen molar-refractivity contribution in [1.29, 1.82) is 0 Å². The lowest BCUT2D eigenvalue weighted by Crippen LogP contribution is -2.10. The van der Waals surface area contributed by atoms with Crippen LogP contribution in [0.5, 0.6) is 0 Å². The molecule has 0 radical (unpaired) electrons. The summed E-state index contributed by atoms with van der Waals surface area (Å²) in [5.41, 5.74) is 0.883. The maximum absolute atomic E-state index is 12.0. The van der Waals surface area contributed by atoms with Crippen LogP contribution in [0, 0.1) is 5.92 Å². The van der Waals surface area contributed by atoms with E-state index in [1.807, 2.05) is 6.08 Å². The van der Waals surface area contributed by atoms with Crippen LogP contribution in [0.2, 0.25) is 0 Å². The molecular formula is C21H34O4. The molecule has 0 heterocycles. The molecule has 0 aromatic heterocycles. The van der Waals surface area contributed by atoms with E-state index in [1.54, 1.807) is 6.08 Å². The fourth-order valence-electron chi connectivity index (χ4n) is 3.19. The van der Waals surface area contributed by atoms with Crippen LogP contribution in [-0.4, -0.2) is 30.1 Å². The molecule has 0 spiro atoms. The molecule has 2 atom stereocenters. The topological polar surface area (TPSA) is 63.6 Å². The first-order valence-corrected chi connectivity index (χ1v) is 9.76. The number of esters is 1. The van der Waals surface area contributed by atoms with Crippen LogP contribution in [-0.2, 0) is 14.3 Å². The van der Waals surface area contributed by atoms with Gasteiger partial charge in [0.15, 0.2) is 5.78 Å². The first-order chi connectivity index (χ1) is 12.1. The van der Waals surface area contributed by atoms with E-state index in [1.165, 1.54) is 20.0 Å². The summed E-state index contributed by atoms with van der Waals surface area (Å²) in [6.07, 6.45) is 15.4. The molecule has 0 aromatic carbocycles. The summed E-state index contributed by atoms with van der Waals surface area (Å²) < 4.78 is 4.62. The molecule has 1 N–H and O–H groups in total. The van der Waals surface area contributed by atoms with E-state index in [0.29, 0.717) is 6.42 Å². The van der Waals surface area contributed by atoms with Crippen LogP contribution in [0.1, 0.15) is 77.6 Å². The van der Waals surface area contributed by atoms with E-state index in [-0.39, 0.29) is 23.8 Å². The number of hydrogen-bond acceptors (Lipinski definition) is 4. The quantitative estimate of drug-likeness (QED) is 0.301. The van der Waals surface area contributed by atoms with Gasteiger partial charge in [-0.1, -0.05) is 44.8 Å². The molecule has 25 heavy (non-hydrogen) atoms. The van der Waals surface area contributed by atoms with Gasteiger partial charge in [-0.2, -0.15) is 0 Å². The molecule has 1 rings (SSSR count). The van der Waals surface area contributed by atoms with Crippen LogP contribution in [0.15, 0.2) is 23.8 Å². The first-order valence-electron chi connectivity index (χ1n) is 9.76. The van der Waals surface area contributed by atoms with Crippen LogP contribution < -0.4 is 0 Å². The molecule has 0 saturated heterocycles. The largest absolute Gasteiger partial charge is 0.469 e. The van der Waals surface area contributed by atoms with Crippen molar-refractivity contribution in [3.05, 3.63) is 23.8 Å². The lowest BCUT2D eigenvalue weighted by Gasteiger charge is -2.14. The van der Waals surface area contributed by atoms with Gasteiger partial charge in [0, 0.05) is 17.9 Å². The number of methoxy groups -OCH3 is 1. The van der Waals surface area contributed by atoms with E-state index >= 15 is 0 Å². The highest BCUT2D eigenvalue weighted by atomic mass is 16.5. The number of unbranched alkanes of at least 4 members (excludes halogenated alkanes) is 5. The second kappa shape index (κ2) is 12.9. The van der Waals surface area contributed by atoms with Crippen LogP contribution in [0.3, 0.4) is 0 Å². The highest BCUT2D eigenvalue weighted by molar-refractivity contribution is 6.07. The number of ketones is 1. The van der Waals surface area contributed by atoms with E-state index < -0.39 is 0 Å². The molecule has 142 valence electrons. The average molecular weight is 350 g/mol. The number of aliphatic hydroxyl groups excluding tert-OH is 1. The number of rotatable bonds is 13. The van der Waals surface area contributed by atoms with Crippen LogP contribution in [0.4, 0.5) is 0 Å². The smallest absolute Gasteiger partial charge is 0.305 e. The Morgan fingerprint density at radius 2 is 2.04 bits per heavy atom. The number of hydrogen-bond donors (Lipinski definition) is 1. The normalized spacial score (nSPS) is 19.6. The third kappa shape index (κ3) is 9.01. The monoisotopic (exact) mass is 350 g/mol. The van der Waals surface area contributed by atoms with E-state index in [2.05, 4.69) is 17.7 Å². The van der Waals surface area contributed by atoms with Gasteiger partial charge >= 0.3 is 5.97 Å². The molecule has 4 heteroatoms. The highest BCUT2D eigenvalue weighted by Crippen LogP contribution is 2.28. The third-order valence-corrected chi connectivity index (χ3v) is 4.79. The Hall–Kier alpha value is -1.42. The van der Waals surface area contributed by atoms with Gasteiger partial charge in [-0.25, -0.2) is 0 Å². The summed E-state index contributed by atoms with van der Waals surface area (Å²) in [6, 6.07) is 0. The zero-order valence-electron chi connectivity index (χ0n) is 15.8. The minimum absolute atomic E-state index is 0.111. The molecule has 4 nitrogen and oxygen atoms in total. The molecule has 0 amide bonds. The van der Waals surface area contributed by atoms with Gasteiger partial charge in [0.05, 0.1) is 13.2 Å². The zero-order valence-corrected chi connectivity index (χ0v) is 15.8. The Labute approximate surface area is 152 Å². The fraction of sp³-hybridized carbons (Fsp3) is 0.714. The second-order valence-electron chi connectivity index (χ2n) is 6.89. The Kier molecular flexibility index (Phi) is 11.1. The number of ether oxygens (including phenoxy) is 1. The maximum atomic E-state index is 12.0. The number of allylic oxidation sites excluding steroid dienone is 4. The Morgan fingerprint density at radius 3 is 2.76 bits per heavy atom. The standard InChI is InChI=1S/C21H34O4/c1-3-4-7-10-18(22)15-13-17-14-16-20(23)19(17)11-8-5-6-9-12-21(24)25-2/h11,14,16-18,22H,3-10,12-13,15H2,1-2H3/b19-11+/t17-,18-/m0/s1. The number of aliphatic hydroxyl groups is 1. The molecule has 0 bridgehead atoms. The summed E-state index contributed by atoms with van der Waals surface area (Å²) >= 11 is 0. The summed E-state index contributed by atoms with van der Waals surface area (Å²) in [5.74, 6) is 0.106. The van der Waals surface area contributed by atoms with Gasteiger partial charge in [-0.15, -0.1) is 0 Å². The Bertz CT molecular complexity index is 465. The van der Waals surface area contributed by atoms with E-state index in [4.69, 9.17) is 0 Å². The lowest BCUT2D eigenvalue weighted by molar-refractivity contribution is -0.140.